The Labute approximate surface area is 159 Å². The highest BCUT2D eigenvalue weighted by molar-refractivity contribution is 6.21. The van der Waals surface area contributed by atoms with Crippen LogP contribution in [-0.2, 0) is 0 Å². The molecule has 1 aromatic heterocycles. The third-order valence-electron chi connectivity index (χ3n) is 4.14. The Morgan fingerprint density at radius 3 is 2.31 bits per heavy atom. The van der Waals surface area contributed by atoms with Gasteiger partial charge in [0.15, 0.2) is 0 Å². The lowest BCUT2D eigenvalue weighted by Gasteiger charge is -2.13. The molecule has 0 fully saturated rings. The first-order valence-corrected chi connectivity index (χ1v) is 9.41. The molecule has 0 aliphatic carbocycles. The van der Waals surface area contributed by atoms with Crippen LogP contribution in [0.2, 0.25) is 0 Å². The summed E-state index contributed by atoms with van der Waals surface area (Å²) >= 11 is -0.702. The molecular weight excluding hydrogens is 337 g/mol. The molecule has 125 valence electrons. The fourth-order valence-corrected chi connectivity index (χ4v) is 3.52. The third-order valence-corrected chi connectivity index (χ3v) is 4.84. The van der Waals surface area contributed by atoms with Gasteiger partial charge in [-0.15, -0.1) is 0 Å². The monoisotopic (exact) mass is 354 g/mol. The molecule has 4 aromatic rings. The van der Waals surface area contributed by atoms with Crippen LogP contribution in [0.1, 0.15) is 5.69 Å². The summed E-state index contributed by atoms with van der Waals surface area (Å²) in [5, 5.41) is 1.07. The van der Waals surface area contributed by atoms with E-state index in [0.29, 0.717) is 0 Å². The summed E-state index contributed by atoms with van der Waals surface area (Å²) in [7, 11) is 0. The maximum Gasteiger partial charge on any atom is 0.881 e. The number of fused-ring (bicyclic) bond motifs is 1. The Balaban J connectivity index is 1.54. The van der Waals surface area contributed by atoms with Crippen LogP contribution in [0.3, 0.4) is 0 Å². The van der Waals surface area contributed by atoms with Gasteiger partial charge < -0.3 is 7.58 Å². The number of pyridine rings is 1. The molecule has 0 saturated carbocycles. The lowest BCUT2D eigenvalue weighted by atomic mass is 10.1. The van der Waals surface area contributed by atoms with E-state index in [1.165, 1.54) is 0 Å². The minimum absolute atomic E-state index is 0.702. The number of aromatic nitrogens is 1. The number of nitrogens with zero attached hydrogens (tertiary/aromatic N) is 1. The maximum atomic E-state index is 6.01. The van der Waals surface area contributed by atoms with Crippen molar-refractivity contribution in [1.29, 1.82) is 0 Å². The Kier molecular flexibility index (Phi) is 4.88. The van der Waals surface area contributed by atoms with Crippen LogP contribution in [0.5, 0.6) is 11.5 Å². The number of para-hydroxylation sites is 2. The fraction of sp³-hybridized carbons (Fsp3) is 0.0455. The number of hydrogen-bond acceptors (Lipinski definition) is 3. The molecule has 3 nitrogen and oxygen atoms in total. The molecule has 0 saturated heterocycles. The van der Waals surface area contributed by atoms with Crippen molar-refractivity contribution in [3.05, 3.63) is 90.6 Å². The molecule has 0 bridgehead atoms. The van der Waals surface area contributed by atoms with Crippen LogP contribution in [0, 0.1) is 6.92 Å². The smallest absolute Gasteiger partial charge is 0.615 e. The first-order chi connectivity index (χ1) is 12.8. The molecule has 1 radical (unpaired) electrons. The summed E-state index contributed by atoms with van der Waals surface area (Å²) < 4.78 is 12.0. The Morgan fingerprint density at radius 2 is 1.42 bits per heavy atom. The summed E-state index contributed by atoms with van der Waals surface area (Å²) in [6.45, 7) is 1.98. The van der Waals surface area contributed by atoms with E-state index < -0.39 is 15.9 Å². The normalized spacial score (nSPS) is 10.5. The van der Waals surface area contributed by atoms with Gasteiger partial charge >= 0.3 is 15.9 Å². The fourth-order valence-electron chi connectivity index (χ4n) is 2.87. The second-order valence-electron chi connectivity index (χ2n) is 5.97. The zero-order chi connectivity index (χ0) is 17.8. The van der Waals surface area contributed by atoms with Crippen LogP contribution in [0.15, 0.2) is 84.9 Å². The summed E-state index contributed by atoms with van der Waals surface area (Å²) in [5.41, 5.74) is 4.04. The molecule has 26 heavy (non-hydrogen) atoms. The standard InChI is InChI=1S/C12H10O.C10H9NO.Al/c13-12-9-5-4-8-11(12)10-6-2-1-3-7-10;1-7-5-6-8-3-2-4-9(12)10(8)11-7;/h1-9,13H;2-6,12H,1H3;/q;;+2/p-2. The molecule has 0 aliphatic heterocycles. The van der Waals surface area contributed by atoms with Crippen molar-refractivity contribution in [2.24, 2.45) is 0 Å². The summed E-state index contributed by atoms with van der Waals surface area (Å²) in [4.78, 5) is 4.60. The zero-order valence-corrected chi connectivity index (χ0v) is 15.6. The first kappa shape index (κ1) is 16.7. The molecule has 0 spiro atoms. The molecule has 0 atom stereocenters. The minimum atomic E-state index is -0.702. The van der Waals surface area contributed by atoms with Crippen LogP contribution in [-0.4, -0.2) is 20.9 Å². The molecular formula is C22H17AlNO2. The van der Waals surface area contributed by atoms with Crippen molar-refractivity contribution in [1.82, 2.24) is 4.98 Å². The van der Waals surface area contributed by atoms with E-state index in [9.17, 15) is 0 Å². The van der Waals surface area contributed by atoms with E-state index >= 15 is 0 Å². The second-order valence-corrected chi connectivity index (χ2v) is 6.64. The molecule has 4 heteroatoms. The highest BCUT2D eigenvalue weighted by Crippen LogP contribution is 2.30. The summed E-state index contributed by atoms with van der Waals surface area (Å²) in [5.74, 6) is 1.59. The quantitative estimate of drug-likeness (QED) is 0.462. The van der Waals surface area contributed by atoms with E-state index in [4.69, 9.17) is 7.58 Å². The van der Waals surface area contributed by atoms with Gasteiger partial charge in [0.2, 0.25) is 0 Å². The van der Waals surface area contributed by atoms with Gasteiger partial charge in [-0.3, -0.25) is 0 Å². The van der Waals surface area contributed by atoms with Crippen molar-refractivity contribution >= 4 is 26.8 Å². The number of rotatable bonds is 5. The first-order valence-electron chi connectivity index (χ1n) is 8.47. The third kappa shape index (κ3) is 3.57. The van der Waals surface area contributed by atoms with E-state index in [1.807, 2.05) is 67.6 Å². The lowest BCUT2D eigenvalue weighted by molar-refractivity contribution is 0.462. The average molecular weight is 354 g/mol. The lowest BCUT2D eigenvalue weighted by Crippen LogP contribution is -2.12. The summed E-state index contributed by atoms with van der Waals surface area (Å²) in [6.07, 6.45) is 0. The molecule has 1 heterocycles. The topological polar surface area (TPSA) is 31.4 Å². The van der Waals surface area contributed by atoms with Gasteiger partial charge in [-0.1, -0.05) is 66.7 Å². The van der Waals surface area contributed by atoms with Crippen molar-refractivity contribution in [2.75, 3.05) is 0 Å². The van der Waals surface area contributed by atoms with E-state index in [-0.39, 0.29) is 0 Å². The highest BCUT2D eigenvalue weighted by Gasteiger charge is 2.12. The van der Waals surface area contributed by atoms with Crippen LogP contribution >= 0.6 is 0 Å². The number of hydrogen-bond donors (Lipinski definition) is 0. The van der Waals surface area contributed by atoms with Gasteiger partial charge in [0, 0.05) is 16.6 Å². The van der Waals surface area contributed by atoms with Gasteiger partial charge in [-0.25, -0.2) is 4.98 Å². The second kappa shape index (κ2) is 7.62. The molecule has 4 rings (SSSR count). The van der Waals surface area contributed by atoms with E-state index in [0.717, 1.165) is 39.2 Å². The van der Waals surface area contributed by atoms with Crippen molar-refractivity contribution in [3.63, 3.8) is 0 Å². The Hall–Kier alpha value is -2.80. The molecule has 3 aromatic carbocycles. The van der Waals surface area contributed by atoms with Gasteiger partial charge in [0.1, 0.15) is 11.3 Å². The molecule has 0 amide bonds. The number of benzene rings is 3. The van der Waals surface area contributed by atoms with Gasteiger partial charge in [0.25, 0.3) is 0 Å². The maximum absolute atomic E-state index is 6.01. The van der Waals surface area contributed by atoms with Gasteiger partial charge in [-0.2, -0.15) is 0 Å². The van der Waals surface area contributed by atoms with Gasteiger partial charge in [-0.05, 0) is 30.7 Å². The Bertz CT molecular complexity index is 1030. The zero-order valence-electron chi connectivity index (χ0n) is 14.4. The largest absolute Gasteiger partial charge is 0.881 e. The van der Waals surface area contributed by atoms with Crippen molar-refractivity contribution < 1.29 is 7.58 Å². The summed E-state index contributed by atoms with van der Waals surface area (Å²) in [6, 6.07) is 28.3. The Morgan fingerprint density at radius 1 is 0.692 bits per heavy atom. The predicted molar refractivity (Wildman–Crippen MR) is 105 cm³/mol. The molecule has 0 unspecified atom stereocenters. The predicted octanol–water partition coefficient (Wildman–Crippen LogP) is 5.20. The number of aryl methyl sites for hydroxylation is 1. The average Bonchev–Trinajstić information content (AvgIpc) is 2.69. The molecule has 0 N–H and O–H groups in total. The van der Waals surface area contributed by atoms with Crippen LogP contribution in [0.4, 0.5) is 0 Å². The van der Waals surface area contributed by atoms with Crippen molar-refractivity contribution in [2.45, 2.75) is 6.92 Å². The highest BCUT2D eigenvalue weighted by atomic mass is 27.2. The van der Waals surface area contributed by atoms with Crippen LogP contribution < -0.4 is 7.58 Å². The van der Waals surface area contributed by atoms with Gasteiger partial charge in [0.05, 0.1) is 5.75 Å². The SMILES string of the molecule is Cc1ccc2cccc([O][Al][O]c3ccccc3-c3ccccc3)c2n1. The molecule has 0 aliphatic rings. The minimum Gasteiger partial charge on any atom is -0.615 e. The van der Waals surface area contributed by atoms with Crippen LogP contribution in [0.25, 0.3) is 22.0 Å². The van der Waals surface area contributed by atoms with E-state index in [2.05, 4.69) is 29.2 Å². The van der Waals surface area contributed by atoms with E-state index in [1.54, 1.807) is 0 Å². The van der Waals surface area contributed by atoms with Crippen molar-refractivity contribution in [3.8, 4) is 22.6 Å².